The van der Waals surface area contributed by atoms with Crippen molar-refractivity contribution in [3.05, 3.63) is 30.1 Å². The summed E-state index contributed by atoms with van der Waals surface area (Å²) in [5, 5.41) is 2.65. The minimum atomic E-state index is -0.373. The number of hydrogen-bond donors (Lipinski definition) is 1. The largest absolute Gasteiger partial charge is 0.326 e. The summed E-state index contributed by atoms with van der Waals surface area (Å²) in [7, 11) is 0. The average molecular weight is 330 g/mol. The van der Waals surface area contributed by atoms with Gasteiger partial charge in [-0.2, -0.15) is 0 Å². The van der Waals surface area contributed by atoms with Crippen LogP contribution in [-0.4, -0.2) is 29.2 Å². The first kappa shape index (κ1) is 15.3. The summed E-state index contributed by atoms with van der Waals surface area (Å²) in [5.74, 6) is -0.417. The third kappa shape index (κ3) is 2.41. The molecule has 3 fully saturated rings. The first-order valence-corrected chi connectivity index (χ1v) is 8.45. The Labute approximate surface area is 139 Å². The molecule has 24 heavy (non-hydrogen) atoms. The molecule has 1 aromatic rings. The second-order valence-electron chi connectivity index (χ2n) is 7.02. The fourth-order valence-corrected chi connectivity index (χ4v) is 4.66. The number of imide groups is 1. The van der Waals surface area contributed by atoms with Crippen LogP contribution in [0, 0.1) is 29.5 Å². The lowest BCUT2D eigenvalue weighted by Gasteiger charge is -2.19. The van der Waals surface area contributed by atoms with Crippen molar-refractivity contribution in [2.75, 3.05) is 11.9 Å². The van der Waals surface area contributed by atoms with Crippen molar-refractivity contribution in [1.82, 2.24) is 4.90 Å². The van der Waals surface area contributed by atoms with Crippen LogP contribution >= 0.6 is 0 Å². The van der Waals surface area contributed by atoms with Crippen LogP contribution in [0.1, 0.15) is 25.7 Å². The Kier molecular flexibility index (Phi) is 3.62. The molecule has 126 valence electrons. The van der Waals surface area contributed by atoms with Crippen molar-refractivity contribution in [3.63, 3.8) is 0 Å². The average Bonchev–Trinajstić information content (AvgIpc) is 3.23. The van der Waals surface area contributed by atoms with Gasteiger partial charge in [0.15, 0.2) is 0 Å². The van der Waals surface area contributed by atoms with Crippen LogP contribution in [0.25, 0.3) is 0 Å². The van der Waals surface area contributed by atoms with Gasteiger partial charge in [0.25, 0.3) is 0 Å². The minimum absolute atomic E-state index is 0.0592. The lowest BCUT2D eigenvalue weighted by Crippen LogP contribution is -2.35. The van der Waals surface area contributed by atoms with E-state index >= 15 is 0 Å². The lowest BCUT2D eigenvalue weighted by molar-refractivity contribution is -0.140. The standard InChI is InChI=1S/C18H19FN2O3/c19-12-3-5-13(6-4-12)20-14(22)7-8-21-17(23)15-10-1-2-11(9-10)16(15)18(21)24/h3-6,10-11,15-16H,1-2,7-9H2,(H,20,22)/t10-,11-,15+,16+/m1/s1. The Hall–Kier alpha value is -2.24. The zero-order valence-corrected chi connectivity index (χ0v) is 13.2. The first-order chi connectivity index (χ1) is 11.5. The van der Waals surface area contributed by atoms with Gasteiger partial charge >= 0.3 is 0 Å². The van der Waals surface area contributed by atoms with Gasteiger partial charge in [0.2, 0.25) is 17.7 Å². The van der Waals surface area contributed by atoms with E-state index in [0.717, 1.165) is 19.3 Å². The Morgan fingerprint density at radius 3 is 2.25 bits per heavy atom. The molecule has 1 N–H and O–H groups in total. The van der Waals surface area contributed by atoms with Gasteiger partial charge in [-0.05, 0) is 55.4 Å². The van der Waals surface area contributed by atoms with E-state index in [1.807, 2.05) is 0 Å². The maximum absolute atomic E-state index is 12.8. The zero-order valence-electron chi connectivity index (χ0n) is 13.2. The molecule has 1 aliphatic heterocycles. The molecule has 0 spiro atoms. The fraction of sp³-hybridized carbons (Fsp3) is 0.500. The molecule has 0 unspecified atom stereocenters. The predicted octanol–water partition coefficient (Wildman–Crippen LogP) is 2.19. The molecule has 1 heterocycles. The number of carbonyl (C=O) groups is 3. The van der Waals surface area contributed by atoms with E-state index in [1.54, 1.807) is 0 Å². The number of carbonyl (C=O) groups excluding carboxylic acids is 3. The van der Waals surface area contributed by atoms with E-state index in [4.69, 9.17) is 0 Å². The molecule has 1 aromatic carbocycles. The van der Waals surface area contributed by atoms with Crippen LogP contribution in [0.5, 0.6) is 0 Å². The van der Waals surface area contributed by atoms with Crippen LogP contribution in [0.15, 0.2) is 24.3 Å². The highest BCUT2D eigenvalue weighted by Gasteiger charge is 2.60. The number of rotatable bonds is 4. The first-order valence-electron chi connectivity index (χ1n) is 8.45. The molecule has 3 amide bonds. The summed E-state index contributed by atoms with van der Waals surface area (Å²) in [6, 6.07) is 5.48. The Morgan fingerprint density at radius 2 is 1.67 bits per heavy atom. The molecule has 0 radical (unpaired) electrons. The van der Waals surface area contributed by atoms with Crippen molar-refractivity contribution in [2.24, 2.45) is 23.7 Å². The molecule has 3 aliphatic rings. The number of hydrogen-bond acceptors (Lipinski definition) is 3. The molecular weight excluding hydrogens is 311 g/mol. The molecule has 2 aliphatic carbocycles. The molecule has 4 rings (SSSR count). The van der Waals surface area contributed by atoms with Gasteiger partial charge < -0.3 is 5.32 Å². The highest BCUT2D eigenvalue weighted by molar-refractivity contribution is 6.06. The van der Waals surface area contributed by atoms with Crippen LogP contribution in [0.3, 0.4) is 0 Å². The number of halogens is 1. The minimum Gasteiger partial charge on any atom is -0.326 e. The van der Waals surface area contributed by atoms with Crippen molar-refractivity contribution < 1.29 is 18.8 Å². The maximum Gasteiger partial charge on any atom is 0.233 e. The van der Waals surface area contributed by atoms with Gasteiger partial charge in [-0.1, -0.05) is 0 Å². The summed E-state index contributed by atoms with van der Waals surface area (Å²) < 4.78 is 12.8. The van der Waals surface area contributed by atoms with E-state index < -0.39 is 0 Å². The smallest absolute Gasteiger partial charge is 0.233 e. The van der Waals surface area contributed by atoms with Crippen LogP contribution in [0.4, 0.5) is 10.1 Å². The monoisotopic (exact) mass is 330 g/mol. The van der Waals surface area contributed by atoms with E-state index in [0.29, 0.717) is 17.5 Å². The van der Waals surface area contributed by atoms with Gasteiger partial charge in [0, 0.05) is 18.7 Å². The number of nitrogens with one attached hydrogen (secondary N) is 1. The third-order valence-corrected chi connectivity index (χ3v) is 5.71. The molecule has 5 nitrogen and oxygen atoms in total. The number of fused-ring (bicyclic) bond motifs is 5. The van der Waals surface area contributed by atoms with Crippen molar-refractivity contribution in [2.45, 2.75) is 25.7 Å². The quantitative estimate of drug-likeness (QED) is 0.861. The second kappa shape index (κ2) is 5.69. The maximum atomic E-state index is 12.8. The highest BCUT2D eigenvalue weighted by atomic mass is 19.1. The van der Waals surface area contributed by atoms with E-state index in [1.165, 1.54) is 29.2 Å². The van der Waals surface area contributed by atoms with Gasteiger partial charge in [-0.3, -0.25) is 19.3 Å². The van der Waals surface area contributed by atoms with Crippen LogP contribution in [-0.2, 0) is 14.4 Å². The summed E-state index contributed by atoms with van der Waals surface area (Å²) in [5.41, 5.74) is 0.496. The van der Waals surface area contributed by atoms with E-state index in [-0.39, 0.29) is 48.3 Å². The summed E-state index contributed by atoms with van der Waals surface area (Å²) in [6.07, 6.45) is 3.16. The van der Waals surface area contributed by atoms with Gasteiger partial charge in [0.1, 0.15) is 5.82 Å². The molecule has 2 bridgehead atoms. The lowest BCUT2D eigenvalue weighted by atomic mass is 9.81. The number of amides is 3. The van der Waals surface area contributed by atoms with Crippen LogP contribution in [0.2, 0.25) is 0 Å². The van der Waals surface area contributed by atoms with E-state index in [2.05, 4.69) is 5.32 Å². The summed E-state index contributed by atoms with van der Waals surface area (Å²) in [4.78, 5) is 38.3. The van der Waals surface area contributed by atoms with Gasteiger partial charge in [-0.25, -0.2) is 4.39 Å². The number of nitrogens with zero attached hydrogens (tertiary/aromatic N) is 1. The molecular formula is C18H19FN2O3. The predicted molar refractivity (Wildman–Crippen MR) is 84.2 cm³/mol. The Bertz CT molecular complexity index is 675. The fourth-order valence-electron chi connectivity index (χ4n) is 4.66. The Balaban J connectivity index is 1.36. The summed E-state index contributed by atoms with van der Waals surface area (Å²) >= 11 is 0. The molecule has 0 aromatic heterocycles. The van der Waals surface area contributed by atoms with Gasteiger partial charge in [-0.15, -0.1) is 0 Å². The molecule has 4 atom stereocenters. The number of likely N-dealkylation sites (tertiary alicyclic amines) is 1. The van der Waals surface area contributed by atoms with Gasteiger partial charge in [0.05, 0.1) is 11.8 Å². The summed E-state index contributed by atoms with van der Waals surface area (Å²) in [6.45, 7) is 0.122. The normalized spacial score (nSPS) is 30.8. The topological polar surface area (TPSA) is 66.5 Å². The van der Waals surface area contributed by atoms with Crippen molar-refractivity contribution in [3.8, 4) is 0 Å². The van der Waals surface area contributed by atoms with Crippen LogP contribution < -0.4 is 5.32 Å². The number of anilines is 1. The highest BCUT2D eigenvalue weighted by Crippen LogP contribution is 2.56. The SMILES string of the molecule is O=C(CCN1C(=O)[C@H]2[C@@H]3CC[C@H](C3)[C@@H]2C1=O)Nc1ccc(F)cc1. The molecule has 1 saturated heterocycles. The zero-order chi connectivity index (χ0) is 16.8. The van der Waals surface area contributed by atoms with E-state index in [9.17, 15) is 18.8 Å². The second-order valence-corrected chi connectivity index (χ2v) is 7.02. The molecule has 2 saturated carbocycles. The third-order valence-electron chi connectivity index (χ3n) is 5.71. The van der Waals surface area contributed by atoms with Crippen molar-refractivity contribution >= 4 is 23.4 Å². The Morgan fingerprint density at radius 1 is 1.08 bits per heavy atom. The molecule has 6 heteroatoms. The van der Waals surface area contributed by atoms with Crippen molar-refractivity contribution in [1.29, 1.82) is 0 Å². The number of benzene rings is 1.